The summed E-state index contributed by atoms with van der Waals surface area (Å²) < 4.78 is 18.2. The van der Waals surface area contributed by atoms with Crippen LogP contribution in [0.25, 0.3) is 16.8 Å². The minimum absolute atomic E-state index is 0.157. The quantitative estimate of drug-likeness (QED) is 0.191. The van der Waals surface area contributed by atoms with Gasteiger partial charge in [0.1, 0.15) is 19.0 Å². The van der Waals surface area contributed by atoms with Crippen LogP contribution in [0.2, 0.25) is 0 Å². The fraction of sp³-hybridized carbons (Fsp3) is 0.133. The van der Waals surface area contributed by atoms with E-state index in [1.807, 2.05) is 78.9 Å². The van der Waals surface area contributed by atoms with Crippen molar-refractivity contribution in [1.29, 1.82) is 0 Å². The summed E-state index contributed by atoms with van der Waals surface area (Å²) in [5.41, 5.74) is 1.74. The molecule has 1 aliphatic rings. The van der Waals surface area contributed by atoms with Gasteiger partial charge in [-0.3, -0.25) is 14.5 Å². The molecule has 0 saturated carbocycles. The van der Waals surface area contributed by atoms with Crippen molar-refractivity contribution in [3.05, 3.63) is 105 Å². The number of rotatable bonds is 9. The van der Waals surface area contributed by atoms with E-state index in [0.29, 0.717) is 33.0 Å². The number of carbonyl (C=O) groups is 2. The summed E-state index contributed by atoms with van der Waals surface area (Å²) in [6, 6.07) is 27.2. The Balaban J connectivity index is 1.26. The number of thioether (sulfide) groups is 1. The molecule has 2 amide bonds. The number of amides is 2. The van der Waals surface area contributed by atoms with Gasteiger partial charge < -0.3 is 14.2 Å². The van der Waals surface area contributed by atoms with Crippen LogP contribution in [0, 0.1) is 0 Å². The molecule has 0 radical (unpaired) electrons. The van der Waals surface area contributed by atoms with Gasteiger partial charge in [0.15, 0.2) is 11.5 Å². The summed E-state index contributed by atoms with van der Waals surface area (Å²) in [5.74, 6) is 1.45. The standard InChI is InChI=1S/C30H24BrNO5S/c1-35-26-17-21(16-24(31)28(26)37-19-20-8-3-2-4-9-20)18-27-29(33)32(30(34)38-27)14-15-36-25-13-7-11-22-10-5-6-12-23(22)25/h2-13,16-18H,14-15,19H2,1H3/b27-18-. The van der Waals surface area contributed by atoms with Crippen LogP contribution in [0.15, 0.2) is 94.3 Å². The van der Waals surface area contributed by atoms with Crippen LogP contribution in [0.5, 0.6) is 17.2 Å². The highest BCUT2D eigenvalue weighted by molar-refractivity contribution is 9.10. The second-order valence-corrected chi connectivity index (χ2v) is 10.3. The zero-order chi connectivity index (χ0) is 26.5. The molecule has 0 spiro atoms. The van der Waals surface area contributed by atoms with Crippen molar-refractivity contribution in [1.82, 2.24) is 4.90 Å². The molecule has 1 aliphatic heterocycles. The maximum absolute atomic E-state index is 13.0. The fourth-order valence-electron chi connectivity index (χ4n) is 4.11. The first kappa shape index (κ1) is 25.9. The highest BCUT2D eigenvalue weighted by Crippen LogP contribution is 2.39. The molecule has 38 heavy (non-hydrogen) atoms. The number of methoxy groups -OCH3 is 1. The van der Waals surface area contributed by atoms with Crippen LogP contribution in [-0.4, -0.2) is 36.3 Å². The molecule has 4 aromatic rings. The van der Waals surface area contributed by atoms with Gasteiger partial charge in [0.05, 0.1) is 23.0 Å². The Morgan fingerprint density at radius 1 is 0.895 bits per heavy atom. The monoisotopic (exact) mass is 589 g/mol. The third kappa shape index (κ3) is 5.71. The van der Waals surface area contributed by atoms with E-state index in [1.54, 1.807) is 19.3 Å². The molecule has 0 bridgehead atoms. The number of fused-ring (bicyclic) bond motifs is 1. The van der Waals surface area contributed by atoms with Gasteiger partial charge in [-0.05, 0) is 68.5 Å². The zero-order valence-electron chi connectivity index (χ0n) is 20.6. The van der Waals surface area contributed by atoms with Crippen LogP contribution in [-0.2, 0) is 11.4 Å². The smallest absolute Gasteiger partial charge is 0.293 e. The number of carbonyl (C=O) groups excluding carboxylic acids is 2. The molecule has 1 fully saturated rings. The Bertz CT molecular complexity index is 1520. The highest BCUT2D eigenvalue weighted by Gasteiger charge is 2.35. The second-order valence-electron chi connectivity index (χ2n) is 8.47. The molecule has 0 N–H and O–H groups in total. The Morgan fingerprint density at radius 3 is 2.47 bits per heavy atom. The lowest BCUT2D eigenvalue weighted by Crippen LogP contribution is -2.32. The molecule has 0 aromatic heterocycles. The SMILES string of the molecule is COc1cc(/C=C2\SC(=O)N(CCOc3cccc4ccccc34)C2=O)cc(Br)c1OCc1ccccc1. The molecule has 1 heterocycles. The van der Waals surface area contributed by atoms with E-state index in [9.17, 15) is 9.59 Å². The molecule has 0 unspecified atom stereocenters. The predicted molar refractivity (Wildman–Crippen MR) is 154 cm³/mol. The number of ether oxygens (including phenoxy) is 3. The average molecular weight is 590 g/mol. The first-order valence-corrected chi connectivity index (χ1v) is 13.5. The molecule has 8 heteroatoms. The largest absolute Gasteiger partial charge is 0.493 e. The van der Waals surface area contributed by atoms with Gasteiger partial charge in [0, 0.05) is 5.39 Å². The number of hydrogen-bond donors (Lipinski definition) is 0. The van der Waals surface area contributed by atoms with E-state index >= 15 is 0 Å². The normalized spacial score (nSPS) is 14.4. The van der Waals surface area contributed by atoms with Crippen molar-refractivity contribution in [3.8, 4) is 17.2 Å². The minimum atomic E-state index is -0.346. The number of nitrogens with zero attached hydrogens (tertiary/aromatic N) is 1. The summed E-state index contributed by atoms with van der Waals surface area (Å²) in [5, 5.41) is 1.73. The van der Waals surface area contributed by atoms with E-state index in [4.69, 9.17) is 14.2 Å². The summed E-state index contributed by atoms with van der Waals surface area (Å²) in [7, 11) is 1.56. The van der Waals surface area contributed by atoms with E-state index in [-0.39, 0.29) is 24.3 Å². The maximum Gasteiger partial charge on any atom is 0.293 e. The summed E-state index contributed by atoms with van der Waals surface area (Å²) in [6.07, 6.45) is 1.69. The van der Waals surface area contributed by atoms with Crippen molar-refractivity contribution in [2.75, 3.05) is 20.3 Å². The average Bonchev–Trinajstić information content (AvgIpc) is 3.20. The molecule has 4 aromatic carbocycles. The lowest BCUT2D eigenvalue weighted by atomic mass is 10.1. The summed E-state index contributed by atoms with van der Waals surface area (Å²) in [4.78, 5) is 27.2. The first-order chi connectivity index (χ1) is 18.5. The van der Waals surface area contributed by atoms with Crippen molar-refractivity contribution in [2.24, 2.45) is 0 Å². The minimum Gasteiger partial charge on any atom is -0.493 e. The van der Waals surface area contributed by atoms with E-state index in [0.717, 1.165) is 33.8 Å². The van der Waals surface area contributed by atoms with Gasteiger partial charge in [-0.15, -0.1) is 0 Å². The number of benzene rings is 4. The molecule has 6 nitrogen and oxygen atoms in total. The molecular formula is C30H24BrNO5S. The lowest BCUT2D eigenvalue weighted by Gasteiger charge is -2.14. The zero-order valence-corrected chi connectivity index (χ0v) is 23.0. The Kier molecular flexibility index (Phi) is 8.00. The highest BCUT2D eigenvalue weighted by atomic mass is 79.9. The topological polar surface area (TPSA) is 65.1 Å². The summed E-state index contributed by atoms with van der Waals surface area (Å²) in [6.45, 7) is 0.742. The predicted octanol–water partition coefficient (Wildman–Crippen LogP) is 7.31. The number of halogens is 1. The van der Waals surface area contributed by atoms with Crippen LogP contribution < -0.4 is 14.2 Å². The molecule has 0 atom stereocenters. The maximum atomic E-state index is 13.0. The molecule has 5 rings (SSSR count). The second kappa shape index (κ2) is 11.8. The van der Waals surface area contributed by atoms with Gasteiger partial charge in [-0.2, -0.15) is 0 Å². The molecule has 0 aliphatic carbocycles. The van der Waals surface area contributed by atoms with Crippen molar-refractivity contribution < 1.29 is 23.8 Å². The van der Waals surface area contributed by atoms with Crippen molar-refractivity contribution in [3.63, 3.8) is 0 Å². The Hall–Kier alpha value is -3.75. The Morgan fingerprint density at radius 2 is 1.66 bits per heavy atom. The molecular weight excluding hydrogens is 566 g/mol. The van der Waals surface area contributed by atoms with Gasteiger partial charge in [-0.1, -0.05) is 66.7 Å². The van der Waals surface area contributed by atoms with Gasteiger partial charge in [-0.25, -0.2) is 0 Å². The van der Waals surface area contributed by atoms with Crippen LogP contribution in [0.4, 0.5) is 4.79 Å². The third-order valence-electron chi connectivity index (χ3n) is 5.97. The van der Waals surface area contributed by atoms with Gasteiger partial charge in [0.2, 0.25) is 0 Å². The van der Waals surface area contributed by atoms with Crippen molar-refractivity contribution >= 4 is 55.7 Å². The molecule has 192 valence electrons. The van der Waals surface area contributed by atoms with Crippen LogP contribution >= 0.6 is 27.7 Å². The third-order valence-corrected chi connectivity index (χ3v) is 7.47. The Labute approximate surface area is 233 Å². The van der Waals surface area contributed by atoms with Crippen LogP contribution in [0.3, 0.4) is 0 Å². The van der Waals surface area contributed by atoms with E-state index in [1.165, 1.54) is 4.90 Å². The molecule has 1 saturated heterocycles. The van der Waals surface area contributed by atoms with Crippen molar-refractivity contribution in [2.45, 2.75) is 6.61 Å². The van der Waals surface area contributed by atoms with Crippen LogP contribution in [0.1, 0.15) is 11.1 Å². The lowest BCUT2D eigenvalue weighted by molar-refractivity contribution is -0.123. The van der Waals surface area contributed by atoms with Gasteiger partial charge in [0.25, 0.3) is 11.1 Å². The number of hydrogen-bond acceptors (Lipinski definition) is 6. The van der Waals surface area contributed by atoms with E-state index in [2.05, 4.69) is 15.9 Å². The van der Waals surface area contributed by atoms with Gasteiger partial charge >= 0.3 is 0 Å². The number of imide groups is 1. The summed E-state index contributed by atoms with van der Waals surface area (Å²) >= 11 is 4.47. The first-order valence-electron chi connectivity index (χ1n) is 11.9. The van der Waals surface area contributed by atoms with E-state index < -0.39 is 0 Å². The fourth-order valence-corrected chi connectivity index (χ4v) is 5.54.